The van der Waals surface area contributed by atoms with E-state index in [-0.39, 0.29) is 0 Å². The van der Waals surface area contributed by atoms with Crippen molar-refractivity contribution in [3.05, 3.63) is 64.4 Å². The first-order valence-electron chi connectivity index (χ1n) is 7.31. The smallest absolute Gasteiger partial charge is 0.123 e. The van der Waals surface area contributed by atoms with Gasteiger partial charge in [0.25, 0.3) is 0 Å². The van der Waals surface area contributed by atoms with E-state index in [1.54, 1.807) is 11.3 Å². The van der Waals surface area contributed by atoms with Gasteiger partial charge in [-0.25, -0.2) is 0 Å². The third-order valence-electron chi connectivity index (χ3n) is 3.11. The minimum Gasteiger partial charge on any atom is -0.488 e. The van der Waals surface area contributed by atoms with Gasteiger partial charge in [0.1, 0.15) is 12.4 Å². The number of para-hydroxylation sites is 1. The highest BCUT2D eigenvalue weighted by molar-refractivity contribution is 7.11. The largest absolute Gasteiger partial charge is 0.488 e. The molecule has 0 aliphatic heterocycles. The fourth-order valence-electron chi connectivity index (χ4n) is 2.02. The van der Waals surface area contributed by atoms with Gasteiger partial charge in [-0.15, -0.1) is 17.9 Å². The first-order valence-corrected chi connectivity index (χ1v) is 8.13. The summed E-state index contributed by atoms with van der Waals surface area (Å²) in [7, 11) is 0. The van der Waals surface area contributed by atoms with Crippen molar-refractivity contribution in [3.8, 4) is 5.75 Å². The number of nitrogens with one attached hydrogen (secondary N) is 1. The van der Waals surface area contributed by atoms with E-state index < -0.39 is 0 Å². The molecule has 2 aromatic rings. The van der Waals surface area contributed by atoms with Crippen molar-refractivity contribution in [3.63, 3.8) is 0 Å². The van der Waals surface area contributed by atoms with Crippen molar-refractivity contribution >= 4 is 11.3 Å². The second-order valence-electron chi connectivity index (χ2n) is 5.29. The lowest BCUT2D eigenvalue weighted by atomic mass is 10.1. The van der Waals surface area contributed by atoms with E-state index in [4.69, 9.17) is 4.74 Å². The van der Waals surface area contributed by atoms with Gasteiger partial charge in [-0.2, -0.15) is 0 Å². The van der Waals surface area contributed by atoms with Crippen LogP contribution in [0.4, 0.5) is 0 Å². The number of hydrogen-bond acceptors (Lipinski definition) is 3. The lowest BCUT2D eigenvalue weighted by Crippen LogP contribution is -2.21. The second-order valence-corrected chi connectivity index (χ2v) is 6.55. The molecule has 0 aliphatic carbocycles. The van der Waals surface area contributed by atoms with Gasteiger partial charge < -0.3 is 10.1 Å². The highest BCUT2D eigenvalue weighted by Crippen LogP contribution is 2.22. The highest BCUT2D eigenvalue weighted by Gasteiger charge is 2.05. The standard InChI is InChI=1S/C18H23NOS/c1-4-7-15-8-5-6-9-18(15)20-13-17-11-10-16(21-17)12-19-14(2)3/h4-6,8-11,14,19H,1,7,12-13H2,2-3H3. The molecule has 0 saturated carbocycles. The predicted octanol–water partition coefficient (Wildman–Crippen LogP) is 4.55. The molecular formula is C18H23NOS. The van der Waals surface area contributed by atoms with E-state index in [1.807, 2.05) is 24.3 Å². The second kappa shape index (κ2) is 8.01. The summed E-state index contributed by atoms with van der Waals surface area (Å²) in [4.78, 5) is 2.60. The van der Waals surface area contributed by atoms with Gasteiger partial charge in [-0.05, 0) is 30.2 Å². The summed E-state index contributed by atoms with van der Waals surface area (Å²) in [6.07, 6.45) is 2.74. The number of hydrogen-bond donors (Lipinski definition) is 1. The van der Waals surface area contributed by atoms with E-state index in [0.29, 0.717) is 12.6 Å². The van der Waals surface area contributed by atoms with E-state index in [1.165, 1.54) is 15.3 Å². The van der Waals surface area contributed by atoms with Crippen LogP contribution in [-0.4, -0.2) is 6.04 Å². The molecule has 1 heterocycles. The van der Waals surface area contributed by atoms with Crippen LogP contribution in [0.15, 0.2) is 49.1 Å². The van der Waals surface area contributed by atoms with Crippen molar-refractivity contribution in [1.82, 2.24) is 5.32 Å². The topological polar surface area (TPSA) is 21.3 Å². The molecule has 3 heteroatoms. The Labute approximate surface area is 131 Å². The van der Waals surface area contributed by atoms with Gasteiger partial charge in [0.15, 0.2) is 0 Å². The average molecular weight is 301 g/mol. The first-order chi connectivity index (χ1) is 10.2. The lowest BCUT2D eigenvalue weighted by molar-refractivity contribution is 0.307. The maximum absolute atomic E-state index is 5.96. The third kappa shape index (κ3) is 5.03. The van der Waals surface area contributed by atoms with Crippen molar-refractivity contribution in [1.29, 1.82) is 0 Å². The molecule has 0 bridgehead atoms. The van der Waals surface area contributed by atoms with Crippen LogP contribution in [0, 0.1) is 0 Å². The molecule has 0 aliphatic rings. The van der Waals surface area contributed by atoms with Crippen molar-refractivity contribution in [2.45, 2.75) is 39.5 Å². The Balaban J connectivity index is 1.92. The van der Waals surface area contributed by atoms with Crippen molar-refractivity contribution < 1.29 is 4.74 Å². The van der Waals surface area contributed by atoms with Crippen LogP contribution in [0.5, 0.6) is 5.75 Å². The van der Waals surface area contributed by atoms with Gasteiger partial charge in [0.05, 0.1) is 0 Å². The molecule has 2 nitrogen and oxygen atoms in total. The van der Waals surface area contributed by atoms with Crippen LogP contribution >= 0.6 is 11.3 Å². The van der Waals surface area contributed by atoms with E-state index in [2.05, 4.69) is 43.9 Å². The molecule has 1 aromatic heterocycles. The summed E-state index contributed by atoms with van der Waals surface area (Å²) >= 11 is 1.81. The van der Waals surface area contributed by atoms with E-state index >= 15 is 0 Å². The SMILES string of the molecule is C=CCc1ccccc1OCc1ccc(CNC(C)C)s1. The molecule has 0 saturated heterocycles. The van der Waals surface area contributed by atoms with Crippen molar-refractivity contribution in [2.24, 2.45) is 0 Å². The summed E-state index contributed by atoms with van der Waals surface area (Å²) in [6, 6.07) is 13.0. The summed E-state index contributed by atoms with van der Waals surface area (Å²) < 4.78 is 5.96. The number of benzene rings is 1. The number of ether oxygens (including phenoxy) is 1. The van der Waals surface area contributed by atoms with Gasteiger partial charge in [0, 0.05) is 22.3 Å². The van der Waals surface area contributed by atoms with Gasteiger partial charge >= 0.3 is 0 Å². The first kappa shape index (κ1) is 15.8. The Morgan fingerprint density at radius 1 is 1.19 bits per heavy atom. The van der Waals surface area contributed by atoms with E-state index in [0.717, 1.165) is 18.7 Å². The zero-order valence-electron chi connectivity index (χ0n) is 12.8. The maximum Gasteiger partial charge on any atom is 0.123 e. The molecule has 0 spiro atoms. The van der Waals surface area contributed by atoms with Crippen LogP contribution in [0.1, 0.15) is 29.2 Å². The minimum absolute atomic E-state index is 0.512. The third-order valence-corrected chi connectivity index (χ3v) is 4.17. The summed E-state index contributed by atoms with van der Waals surface area (Å²) in [5.41, 5.74) is 1.19. The van der Waals surface area contributed by atoms with Crippen LogP contribution in [-0.2, 0) is 19.6 Å². The maximum atomic E-state index is 5.96. The van der Waals surface area contributed by atoms with E-state index in [9.17, 15) is 0 Å². The zero-order valence-corrected chi connectivity index (χ0v) is 13.6. The predicted molar refractivity (Wildman–Crippen MR) is 91.0 cm³/mol. The van der Waals surface area contributed by atoms with Crippen LogP contribution in [0.25, 0.3) is 0 Å². The summed E-state index contributed by atoms with van der Waals surface area (Å²) in [6.45, 7) is 9.67. The molecule has 0 fully saturated rings. The summed E-state index contributed by atoms with van der Waals surface area (Å²) in [5, 5.41) is 3.43. The molecule has 0 atom stereocenters. The Kier molecular flexibility index (Phi) is 6.03. The van der Waals surface area contributed by atoms with Crippen LogP contribution < -0.4 is 10.1 Å². The Morgan fingerprint density at radius 2 is 1.95 bits per heavy atom. The monoisotopic (exact) mass is 301 g/mol. The molecule has 1 aromatic carbocycles. The molecule has 0 radical (unpaired) electrons. The molecular weight excluding hydrogens is 278 g/mol. The Hall–Kier alpha value is -1.58. The Morgan fingerprint density at radius 3 is 2.71 bits per heavy atom. The molecule has 1 N–H and O–H groups in total. The normalized spacial score (nSPS) is 10.8. The fraction of sp³-hybridized carbons (Fsp3) is 0.333. The molecule has 0 unspecified atom stereocenters. The molecule has 0 amide bonds. The highest BCUT2D eigenvalue weighted by atomic mass is 32.1. The van der Waals surface area contributed by atoms with Crippen LogP contribution in [0.2, 0.25) is 0 Å². The number of allylic oxidation sites excluding steroid dienone is 1. The number of rotatable bonds is 8. The lowest BCUT2D eigenvalue weighted by Gasteiger charge is -2.09. The van der Waals surface area contributed by atoms with Gasteiger partial charge in [-0.1, -0.05) is 38.1 Å². The zero-order chi connectivity index (χ0) is 15.1. The van der Waals surface area contributed by atoms with Gasteiger partial charge in [0.2, 0.25) is 0 Å². The number of thiophene rings is 1. The molecule has 21 heavy (non-hydrogen) atoms. The minimum atomic E-state index is 0.512. The summed E-state index contributed by atoms with van der Waals surface area (Å²) in [5.74, 6) is 0.952. The molecule has 2 rings (SSSR count). The molecule has 112 valence electrons. The quantitative estimate of drug-likeness (QED) is 0.722. The van der Waals surface area contributed by atoms with Crippen LogP contribution in [0.3, 0.4) is 0 Å². The van der Waals surface area contributed by atoms with Gasteiger partial charge in [-0.3, -0.25) is 0 Å². The Bertz CT molecular complexity index is 574. The van der Waals surface area contributed by atoms with Crippen molar-refractivity contribution in [2.75, 3.05) is 0 Å². The fourth-order valence-corrected chi connectivity index (χ4v) is 2.90. The average Bonchev–Trinajstić information content (AvgIpc) is 2.92.